The molecule has 0 saturated carbocycles. The molecule has 1 saturated heterocycles. The highest BCUT2D eigenvalue weighted by molar-refractivity contribution is 7.89. The molecule has 0 radical (unpaired) electrons. The number of benzene rings is 1. The van der Waals surface area contributed by atoms with Crippen LogP contribution in [0, 0.1) is 5.82 Å². The zero-order chi connectivity index (χ0) is 17.5. The van der Waals surface area contributed by atoms with Crippen LogP contribution in [0.5, 0.6) is 5.75 Å². The molecule has 1 aliphatic rings. The highest BCUT2D eigenvalue weighted by Gasteiger charge is 2.41. The molecule has 0 spiro atoms. The predicted octanol–water partition coefficient (Wildman–Crippen LogP) is 2.18. The molecule has 130 valence electrons. The Labute approximate surface area is 135 Å². The molecule has 3 rings (SSSR count). The summed E-state index contributed by atoms with van der Waals surface area (Å²) < 4.78 is 72.9. The zero-order valence-corrected chi connectivity index (χ0v) is 13.1. The van der Waals surface area contributed by atoms with Gasteiger partial charge in [-0.2, -0.15) is 13.8 Å². The maximum Gasteiger partial charge on any atom is 0.387 e. The third-order valence-corrected chi connectivity index (χ3v) is 5.83. The van der Waals surface area contributed by atoms with Gasteiger partial charge in [-0.15, -0.1) is 0 Å². The summed E-state index contributed by atoms with van der Waals surface area (Å²) in [5.74, 6) is -1.47. The van der Waals surface area contributed by atoms with Crippen LogP contribution >= 0.6 is 0 Å². The van der Waals surface area contributed by atoms with Gasteiger partial charge in [-0.1, -0.05) is 5.16 Å². The zero-order valence-electron chi connectivity index (χ0n) is 12.3. The SMILES string of the molecule is CN1CCC(c2nc(-c3cc(OC(F)F)ccc3F)no2)S1(=O)=O. The minimum absolute atomic E-state index is 0.172. The van der Waals surface area contributed by atoms with Crippen LogP contribution in [0.1, 0.15) is 17.6 Å². The first-order chi connectivity index (χ1) is 11.3. The first-order valence-electron chi connectivity index (χ1n) is 6.82. The van der Waals surface area contributed by atoms with E-state index in [1.807, 2.05) is 0 Å². The second kappa shape index (κ2) is 6.06. The number of nitrogens with zero attached hydrogens (tertiary/aromatic N) is 3. The number of hydrogen-bond donors (Lipinski definition) is 0. The molecule has 2 heterocycles. The molecule has 0 bridgehead atoms. The number of hydrogen-bond acceptors (Lipinski definition) is 6. The van der Waals surface area contributed by atoms with E-state index in [0.717, 1.165) is 18.2 Å². The average molecular weight is 363 g/mol. The summed E-state index contributed by atoms with van der Waals surface area (Å²) in [7, 11) is -2.17. The first kappa shape index (κ1) is 16.7. The highest BCUT2D eigenvalue weighted by atomic mass is 32.2. The predicted molar refractivity (Wildman–Crippen MR) is 75.2 cm³/mol. The fourth-order valence-corrected chi connectivity index (χ4v) is 3.92. The molecule has 11 heteroatoms. The van der Waals surface area contributed by atoms with Gasteiger partial charge in [0.05, 0.1) is 5.56 Å². The lowest BCUT2D eigenvalue weighted by molar-refractivity contribution is -0.0498. The molecule has 1 aliphatic heterocycles. The quantitative estimate of drug-likeness (QED) is 0.828. The van der Waals surface area contributed by atoms with Crippen molar-refractivity contribution >= 4 is 10.0 Å². The lowest BCUT2D eigenvalue weighted by atomic mass is 10.2. The van der Waals surface area contributed by atoms with Crippen LogP contribution in [0.4, 0.5) is 13.2 Å². The van der Waals surface area contributed by atoms with Gasteiger partial charge in [0.25, 0.3) is 0 Å². The van der Waals surface area contributed by atoms with Gasteiger partial charge in [0.1, 0.15) is 11.6 Å². The summed E-state index contributed by atoms with van der Waals surface area (Å²) in [5, 5.41) is 2.54. The van der Waals surface area contributed by atoms with Crippen molar-refractivity contribution in [2.45, 2.75) is 18.3 Å². The largest absolute Gasteiger partial charge is 0.435 e. The monoisotopic (exact) mass is 363 g/mol. The number of rotatable bonds is 4. The Bertz CT molecular complexity index is 856. The maximum absolute atomic E-state index is 13.9. The number of halogens is 3. The fourth-order valence-electron chi connectivity index (χ4n) is 2.37. The summed E-state index contributed by atoms with van der Waals surface area (Å²) >= 11 is 0. The lowest BCUT2D eigenvalue weighted by Crippen LogP contribution is -2.22. The Hall–Kier alpha value is -2.14. The summed E-state index contributed by atoms with van der Waals surface area (Å²) in [6.07, 6.45) is 0.261. The van der Waals surface area contributed by atoms with E-state index in [4.69, 9.17) is 4.52 Å². The Morgan fingerprint density at radius 2 is 2.17 bits per heavy atom. The molecule has 1 unspecified atom stereocenters. The molecule has 7 nitrogen and oxygen atoms in total. The highest BCUT2D eigenvalue weighted by Crippen LogP contribution is 2.35. The second-order valence-corrected chi connectivity index (χ2v) is 7.34. The lowest BCUT2D eigenvalue weighted by Gasteiger charge is -2.08. The molecule has 1 atom stereocenters. The Kier molecular flexibility index (Phi) is 4.22. The van der Waals surface area contributed by atoms with Gasteiger partial charge >= 0.3 is 6.61 Å². The molecule has 1 aromatic carbocycles. The number of ether oxygens (including phenoxy) is 1. The third-order valence-electron chi connectivity index (χ3n) is 3.62. The van der Waals surface area contributed by atoms with E-state index in [1.54, 1.807) is 0 Å². The summed E-state index contributed by atoms with van der Waals surface area (Å²) in [4.78, 5) is 3.91. The molecule has 0 N–H and O–H groups in total. The number of sulfonamides is 1. The summed E-state index contributed by atoms with van der Waals surface area (Å²) in [6.45, 7) is -2.76. The van der Waals surface area contributed by atoms with Crippen LogP contribution in [-0.4, -0.2) is 43.1 Å². The van der Waals surface area contributed by atoms with E-state index in [0.29, 0.717) is 6.54 Å². The van der Waals surface area contributed by atoms with E-state index in [2.05, 4.69) is 14.9 Å². The van der Waals surface area contributed by atoms with E-state index in [9.17, 15) is 21.6 Å². The van der Waals surface area contributed by atoms with Gasteiger partial charge in [0, 0.05) is 13.6 Å². The fraction of sp³-hybridized carbons (Fsp3) is 0.385. The second-order valence-electron chi connectivity index (χ2n) is 5.12. The van der Waals surface area contributed by atoms with Crippen molar-refractivity contribution < 1.29 is 30.8 Å². The van der Waals surface area contributed by atoms with Crippen molar-refractivity contribution in [1.29, 1.82) is 0 Å². The standard InChI is InChI=1S/C13H12F3N3O4S/c1-19-5-4-10(24(19,20)21)12-17-11(18-23-12)8-6-7(22-13(15)16)2-3-9(8)14/h2-3,6,10,13H,4-5H2,1H3. The Morgan fingerprint density at radius 1 is 1.42 bits per heavy atom. The third kappa shape index (κ3) is 2.96. The van der Waals surface area contributed by atoms with Gasteiger partial charge in [-0.3, -0.25) is 0 Å². The van der Waals surface area contributed by atoms with Crippen LogP contribution in [0.2, 0.25) is 0 Å². The van der Waals surface area contributed by atoms with E-state index < -0.39 is 27.7 Å². The topological polar surface area (TPSA) is 85.5 Å². The van der Waals surface area contributed by atoms with Crippen molar-refractivity contribution in [3.05, 3.63) is 29.9 Å². The minimum Gasteiger partial charge on any atom is -0.435 e. The molecule has 0 amide bonds. The van der Waals surface area contributed by atoms with Crippen molar-refractivity contribution in [3.63, 3.8) is 0 Å². The average Bonchev–Trinajstić information content (AvgIpc) is 3.06. The number of alkyl halides is 2. The van der Waals surface area contributed by atoms with Crippen LogP contribution in [0.15, 0.2) is 22.7 Å². The molecule has 2 aromatic rings. The van der Waals surface area contributed by atoms with Crippen LogP contribution < -0.4 is 4.74 Å². The van der Waals surface area contributed by atoms with E-state index in [1.165, 1.54) is 11.4 Å². The van der Waals surface area contributed by atoms with E-state index >= 15 is 0 Å². The summed E-state index contributed by atoms with van der Waals surface area (Å²) in [5.41, 5.74) is -0.230. The molecule has 1 aromatic heterocycles. The molecule has 0 aliphatic carbocycles. The molecule has 24 heavy (non-hydrogen) atoms. The molecular weight excluding hydrogens is 351 g/mol. The van der Waals surface area contributed by atoms with Crippen LogP contribution in [0.3, 0.4) is 0 Å². The van der Waals surface area contributed by atoms with Gasteiger partial charge in [-0.05, 0) is 24.6 Å². The maximum atomic E-state index is 13.9. The smallest absolute Gasteiger partial charge is 0.387 e. The van der Waals surface area contributed by atoms with Gasteiger partial charge < -0.3 is 9.26 Å². The van der Waals surface area contributed by atoms with Crippen LogP contribution in [0.25, 0.3) is 11.4 Å². The van der Waals surface area contributed by atoms with Gasteiger partial charge in [0.2, 0.25) is 21.7 Å². The van der Waals surface area contributed by atoms with Crippen molar-refractivity contribution in [2.75, 3.05) is 13.6 Å². The van der Waals surface area contributed by atoms with Crippen LogP contribution in [-0.2, 0) is 10.0 Å². The van der Waals surface area contributed by atoms with Crippen molar-refractivity contribution in [3.8, 4) is 17.1 Å². The first-order valence-corrected chi connectivity index (χ1v) is 8.33. The molecular formula is C13H12F3N3O4S. The minimum atomic E-state index is -3.60. The van der Waals surface area contributed by atoms with Crippen molar-refractivity contribution in [2.24, 2.45) is 0 Å². The Morgan fingerprint density at radius 3 is 2.79 bits per heavy atom. The van der Waals surface area contributed by atoms with Crippen molar-refractivity contribution in [1.82, 2.24) is 14.4 Å². The summed E-state index contributed by atoms with van der Waals surface area (Å²) in [6, 6.07) is 2.94. The Balaban J connectivity index is 1.94. The van der Waals surface area contributed by atoms with E-state index in [-0.39, 0.29) is 29.4 Å². The number of aromatic nitrogens is 2. The van der Waals surface area contributed by atoms with Gasteiger partial charge in [-0.25, -0.2) is 17.1 Å². The van der Waals surface area contributed by atoms with Gasteiger partial charge in [0.15, 0.2) is 5.25 Å². The normalized spacial score (nSPS) is 20.6. The molecule has 1 fully saturated rings.